The van der Waals surface area contributed by atoms with Crippen LogP contribution in [0.5, 0.6) is 0 Å². The van der Waals surface area contributed by atoms with Crippen LogP contribution in [-0.2, 0) is 0 Å². The molecular formula is C6H15FN2. The third-order valence-electron chi connectivity index (χ3n) is 1.34. The first-order valence-electron chi connectivity index (χ1n) is 3.16. The van der Waals surface area contributed by atoms with E-state index in [9.17, 15) is 4.39 Å². The van der Waals surface area contributed by atoms with Crippen molar-refractivity contribution in [1.82, 2.24) is 10.2 Å². The van der Waals surface area contributed by atoms with Crippen LogP contribution in [0.1, 0.15) is 0 Å². The molecule has 0 radical (unpaired) electrons. The molecule has 1 heterocycles. The molecule has 2 nitrogen and oxygen atoms in total. The van der Waals surface area contributed by atoms with Gasteiger partial charge in [-0.3, -0.25) is 4.39 Å². The lowest BCUT2D eigenvalue weighted by Gasteiger charge is -2.21. The zero-order valence-electron chi connectivity index (χ0n) is 6.15. The number of hydrogen-bond acceptors (Lipinski definition) is 2. The molecule has 0 aromatic carbocycles. The molecule has 1 saturated heterocycles. The Morgan fingerprint density at radius 1 is 1.22 bits per heavy atom. The standard InChI is InChI=1S/C5H12N2.CH3F/c1-7-4-2-6-3-5-7;1-2/h6H,2-5H2,1H3;1H3. The lowest BCUT2D eigenvalue weighted by atomic mass is 10.4. The van der Waals surface area contributed by atoms with Crippen LogP contribution in [0.25, 0.3) is 0 Å². The van der Waals surface area contributed by atoms with Gasteiger partial charge >= 0.3 is 0 Å². The van der Waals surface area contributed by atoms with Gasteiger partial charge in [-0.05, 0) is 7.05 Å². The molecule has 3 heteroatoms. The summed E-state index contributed by atoms with van der Waals surface area (Å²) in [4.78, 5) is 2.33. The summed E-state index contributed by atoms with van der Waals surface area (Å²) in [7, 11) is 2.65. The summed E-state index contributed by atoms with van der Waals surface area (Å²) in [5.41, 5.74) is 0. The summed E-state index contributed by atoms with van der Waals surface area (Å²) < 4.78 is 9.50. The van der Waals surface area contributed by atoms with Gasteiger partial charge in [0.05, 0.1) is 7.18 Å². The lowest BCUT2D eigenvalue weighted by Crippen LogP contribution is -2.40. The van der Waals surface area contributed by atoms with Crippen molar-refractivity contribution in [1.29, 1.82) is 0 Å². The Bertz CT molecular complexity index is 53.0. The predicted molar refractivity (Wildman–Crippen MR) is 37.4 cm³/mol. The topological polar surface area (TPSA) is 15.3 Å². The molecule has 0 bridgehead atoms. The Kier molecular flexibility index (Phi) is 5.88. The molecular weight excluding hydrogens is 119 g/mol. The van der Waals surface area contributed by atoms with Crippen molar-refractivity contribution < 1.29 is 4.39 Å². The largest absolute Gasteiger partial charge is 0.314 e. The number of nitrogens with zero attached hydrogens (tertiary/aromatic N) is 1. The van der Waals surface area contributed by atoms with E-state index in [-0.39, 0.29) is 0 Å². The maximum atomic E-state index is 9.50. The van der Waals surface area contributed by atoms with Crippen LogP contribution in [0, 0.1) is 0 Å². The van der Waals surface area contributed by atoms with Crippen LogP contribution < -0.4 is 5.32 Å². The molecule has 0 atom stereocenters. The highest BCUT2D eigenvalue weighted by Crippen LogP contribution is 1.82. The number of piperazine rings is 1. The van der Waals surface area contributed by atoms with Gasteiger partial charge in [0.25, 0.3) is 0 Å². The van der Waals surface area contributed by atoms with Gasteiger partial charge in [-0.15, -0.1) is 0 Å². The second kappa shape index (κ2) is 5.98. The van der Waals surface area contributed by atoms with Crippen LogP contribution in [0.4, 0.5) is 4.39 Å². The summed E-state index contributed by atoms with van der Waals surface area (Å²) in [5.74, 6) is 0. The second-order valence-corrected chi connectivity index (χ2v) is 2.05. The van der Waals surface area contributed by atoms with Crippen molar-refractivity contribution in [3.8, 4) is 0 Å². The van der Waals surface area contributed by atoms with Crippen molar-refractivity contribution in [2.24, 2.45) is 0 Å². The van der Waals surface area contributed by atoms with Crippen LogP contribution in [0.2, 0.25) is 0 Å². The number of halogens is 1. The quantitative estimate of drug-likeness (QED) is 0.506. The minimum absolute atomic E-state index is 0.500. The fourth-order valence-electron chi connectivity index (χ4n) is 0.777. The number of likely N-dealkylation sites (N-methyl/N-ethyl adjacent to an activating group) is 1. The van der Waals surface area contributed by atoms with Gasteiger partial charge in [0.15, 0.2) is 0 Å². The van der Waals surface area contributed by atoms with E-state index in [2.05, 4.69) is 17.3 Å². The molecule has 0 unspecified atom stereocenters. The number of alkyl halides is 1. The van der Waals surface area contributed by atoms with Crippen molar-refractivity contribution in [3.05, 3.63) is 0 Å². The Labute approximate surface area is 56.0 Å². The molecule has 1 rings (SSSR count). The number of rotatable bonds is 0. The second-order valence-electron chi connectivity index (χ2n) is 2.05. The monoisotopic (exact) mass is 134 g/mol. The summed E-state index contributed by atoms with van der Waals surface area (Å²) in [6.45, 7) is 4.74. The van der Waals surface area contributed by atoms with Crippen molar-refractivity contribution in [2.75, 3.05) is 40.4 Å². The van der Waals surface area contributed by atoms with E-state index < -0.39 is 0 Å². The predicted octanol–water partition coefficient (Wildman–Crippen LogP) is 0.107. The van der Waals surface area contributed by atoms with E-state index in [1.807, 2.05) is 0 Å². The van der Waals surface area contributed by atoms with Gasteiger partial charge in [0.1, 0.15) is 0 Å². The minimum Gasteiger partial charge on any atom is -0.314 e. The zero-order valence-corrected chi connectivity index (χ0v) is 6.15. The highest BCUT2D eigenvalue weighted by atomic mass is 19.1. The van der Waals surface area contributed by atoms with E-state index in [0.717, 1.165) is 13.1 Å². The van der Waals surface area contributed by atoms with E-state index in [4.69, 9.17) is 0 Å². The van der Waals surface area contributed by atoms with Crippen LogP contribution in [0.3, 0.4) is 0 Å². The average Bonchev–Trinajstić information content (AvgIpc) is 1.94. The van der Waals surface area contributed by atoms with Gasteiger partial charge in [-0.2, -0.15) is 0 Å². The molecule has 1 aliphatic heterocycles. The first kappa shape index (κ1) is 8.85. The molecule has 1 aliphatic rings. The van der Waals surface area contributed by atoms with Crippen LogP contribution >= 0.6 is 0 Å². The van der Waals surface area contributed by atoms with E-state index in [0.29, 0.717) is 7.18 Å². The summed E-state index contributed by atoms with van der Waals surface area (Å²) in [6.07, 6.45) is 0. The summed E-state index contributed by atoms with van der Waals surface area (Å²) >= 11 is 0. The molecule has 0 aliphatic carbocycles. The van der Waals surface area contributed by atoms with E-state index in [1.54, 1.807) is 0 Å². The van der Waals surface area contributed by atoms with Crippen LogP contribution in [-0.4, -0.2) is 45.3 Å². The van der Waals surface area contributed by atoms with Crippen molar-refractivity contribution in [3.63, 3.8) is 0 Å². The normalized spacial score (nSPS) is 20.3. The summed E-state index contributed by atoms with van der Waals surface area (Å²) in [6, 6.07) is 0. The zero-order chi connectivity index (χ0) is 7.11. The Morgan fingerprint density at radius 3 is 1.89 bits per heavy atom. The van der Waals surface area contributed by atoms with Gasteiger partial charge in [0, 0.05) is 26.2 Å². The molecule has 0 aromatic heterocycles. The third kappa shape index (κ3) is 4.36. The van der Waals surface area contributed by atoms with Gasteiger partial charge in [-0.25, -0.2) is 0 Å². The molecule has 9 heavy (non-hydrogen) atoms. The SMILES string of the molecule is CF.CN1CCNCC1. The molecule has 1 fully saturated rings. The smallest absolute Gasteiger partial charge is 0.0785 e. The maximum absolute atomic E-state index is 9.50. The number of nitrogens with one attached hydrogen (secondary N) is 1. The Hall–Kier alpha value is -0.150. The van der Waals surface area contributed by atoms with Gasteiger partial charge in [-0.1, -0.05) is 0 Å². The molecule has 1 N–H and O–H groups in total. The fourth-order valence-corrected chi connectivity index (χ4v) is 0.777. The van der Waals surface area contributed by atoms with Crippen molar-refractivity contribution >= 4 is 0 Å². The lowest BCUT2D eigenvalue weighted by molar-refractivity contribution is 0.291. The maximum Gasteiger partial charge on any atom is 0.0785 e. The Morgan fingerprint density at radius 2 is 1.67 bits per heavy atom. The minimum atomic E-state index is 0.500. The molecule has 0 aromatic rings. The van der Waals surface area contributed by atoms with Gasteiger partial charge in [0.2, 0.25) is 0 Å². The Balaban J connectivity index is 0.000000291. The third-order valence-corrected chi connectivity index (χ3v) is 1.34. The highest BCUT2D eigenvalue weighted by molar-refractivity contribution is 4.62. The first-order chi connectivity index (χ1) is 4.39. The van der Waals surface area contributed by atoms with Gasteiger partial charge < -0.3 is 10.2 Å². The number of hydrogen-bond donors (Lipinski definition) is 1. The molecule has 56 valence electrons. The first-order valence-corrected chi connectivity index (χ1v) is 3.16. The summed E-state index contributed by atoms with van der Waals surface area (Å²) in [5, 5.41) is 3.27. The molecule has 0 spiro atoms. The average molecular weight is 134 g/mol. The van der Waals surface area contributed by atoms with Crippen LogP contribution in [0.15, 0.2) is 0 Å². The fraction of sp³-hybridized carbons (Fsp3) is 1.00. The van der Waals surface area contributed by atoms with E-state index >= 15 is 0 Å². The molecule has 0 saturated carbocycles. The van der Waals surface area contributed by atoms with Crippen molar-refractivity contribution in [2.45, 2.75) is 0 Å². The van der Waals surface area contributed by atoms with E-state index in [1.165, 1.54) is 13.1 Å². The molecule has 0 amide bonds. The highest BCUT2D eigenvalue weighted by Gasteiger charge is 2.01.